The van der Waals surface area contributed by atoms with Crippen molar-refractivity contribution in [3.8, 4) is 0 Å². The largest absolute Gasteiger partial charge is 0.352 e. The second kappa shape index (κ2) is 7.92. The van der Waals surface area contributed by atoms with Gasteiger partial charge in [-0.1, -0.05) is 12.1 Å². The lowest BCUT2D eigenvalue weighted by molar-refractivity contribution is -0.119. The van der Waals surface area contributed by atoms with Crippen molar-refractivity contribution in [3.05, 3.63) is 52.5 Å². The summed E-state index contributed by atoms with van der Waals surface area (Å²) in [6, 6.07) is 7.64. The summed E-state index contributed by atoms with van der Waals surface area (Å²) in [6.07, 6.45) is 4.76. The van der Waals surface area contributed by atoms with E-state index in [1.165, 1.54) is 0 Å². The highest BCUT2D eigenvalue weighted by atomic mass is 32.1. The molecule has 2 aromatic heterocycles. The maximum atomic E-state index is 12.6. The molecule has 24 heavy (non-hydrogen) atoms. The van der Waals surface area contributed by atoms with Crippen LogP contribution in [0.3, 0.4) is 0 Å². The van der Waals surface area contributed by atoms with Crippen molar-refractivity contribution in [2.45, 2.75) is 32.0 Å². The Kier molecular flexibility index (Phi) is 5.43. The van der Waals surface area contributed by atoms with E-state index in [0.29, 0.717) is 26.1 Å². The van der Waals surface area contributed by atoms with Crippen LogP contribution in [0.15, 0.2) is 42.0 Å². The molecule has 0 aromatic carbocycles. The molecular weight excluding hydrogens is 324 g/mol. The van der Waals surface area contributed by atoms with Gasteiger partial charge in [-0.05, 0) is 29.5 Å². The summed E-state index contributed by atoms with van der Waals surface area (Å²) in [5.41, 5.74) is 0.966. The van der Waals surface area contributed by atoms with Gasteiger partial charge in [0.2, 0.25) is 5.91 Å². The number of thiophene rings is 1. The molecular formula is C17H20N4O2S. The van der Waals surface area contributed by atoms with E-state index < -0.39 is 0 Å². The topological polar surface area (TPSA) is 74.3 Å². The number of nitrogens with zero attached hydrogens (tertiary/aromatic N) is 2. The summed E-state index contributed by atoms with van der Waals surface area (Å²) in [5.74, 6) is 0.0559. The number of urea groups is 1. The maximum absolute atomic E-state index is 12.6. The summed E-state index contributed by atoms with van der Waals surface area (Å²) in [6.45, 7) is 1.48. The van der Waals surface area contributed by atoms with Gasteiger partial charge in [-0.15, -0.1) is 11.3 Å². The molecule has 1 atom stereocenters. The van der Waals surface area contributed by atoms with Crippen LogP contribution in [0.5, 0.6) is 0 Å². The fourth-order valence-corrected chi connectivity index (χ4v) is 3.34. The zero-order valence-electron chi connectivity index (χ0n) is 13.3. The highest BCUT2D eigenvalue weighted by molar-refractivity contribution is 7.09. The van der Waals surface area contributed by atoms with E-state index in [9.17, 15) is 9.59 Å². The van der Waals surface area contributed by atoms with Crippen molar-refractivity contribution < 1.29 is 9.59 Å². The van der Waals surface area contributed by atoms with Crippen LogP contribution in [0.2, 0.25) is 0 Å². The predicted octanol–water partition coefficient (Wildman–Crippen LogP) is 2.13. The van der Waals surface area contributed by atoms with E-state index in [1.807, 2.05) is 29.6 Å². The highest BCUT2D eigenvalue weighted by Gasteiger charge is 2.25. The van der Waals surface area contributed by atoms with E-state index in [-0.39, 0.29) is 18.0 Å². The summed E-state index contributed by atoms with van der Waals surface area (Å²) >= 11 is 1.61. The van der Waals surface area contributed by atoms with E-state index in [1.54, 1.807) is 28.6 Å². The Bertz CT molecular complexity index is 675. The molecule has 3 rings (SSSR count). The summed E-state index contributed by atoms with van der Waals surface area (Å²) < 4.78 is 0. The third-order valence-electron chi connectivity index (χ3n) is 3.90. The Hall–Kier alpha value is -2.41. The smallest absolute Gasteiger partial charge is 0.318 e. The third kappa shape index (κ3) is 4.55. The second-order valence-corrected chi connectivity index (χ2v) is 6.82. The Balaban J connectivity index is 1.63. The van der Waals surface area contributed by atoms with Crippen molar-refractivity contribution in [1.82, 2.24) is 20.5 Å². The first-order valence-electron chi connectivity index (χ1n) is 7.94. The molecule has 3 heterocycles. The molecule has 1 fully saturated rings. The van der Waals surface area contributed by atoms with Crippen LogP contribution in [0.4, 0.5) is 4.79 Å². The molecule has 0 unspecified atom stereocenters. The lowest BCUT2D eigenvalue weighted by Crippen LogP contribution is -2.45. The van der Waals surface area contributed by atoms with Crippen LogP contribution < -0.4 is 10.6 Å². The monoisotopic (exact) mass is 344 g/mol. The molecule has 0 radical (unpaired) electrons. The fraction of sp³-hybridized carbons (Fsp3) is 0.353. The average Bonchev–Trinajstić information content (AvgIpc) is 3.25. The minimum atomic E-state index is -0.131. The van der Waals surface area contributed by atoms with Crippen LogP contribution in [-0.2, 0) is 17.9 Å². The lowest BCUT2D eigenvalue weighted by atomic mass is 10.2. The number of carbonyl (C=O) groups is 2. The zero-order chi connectivity index (χ0) is 16.8. The summed E-state index contributed by atoms with van der Waals surface area (Å²) in [4.78, 5) is 31.0. The Morgan fingerprint density at radius 3 is 3.00 bits per heavy atom. The third-order valence-corrected chi connectivity index (χ3v) is 4.78. The SMILES string of the molecule is O=C1CC[C@@H](CN(Cc2cccnc2)C(=O)NCc2cccs2)N1. The van der Waals surface area contributed by atoms with Gasteiger partial charge in [-0.2, -0.15) is 0 Å². The Morgan fingerprint density at radius 1 is 1.42 bits per heavy atom. The molecule has 0 bridgehead atoms. The van der Waals surface area contributed by atoms with Crippen molar-refractivity contribution in [1.29, 1.82) is 0 Å². The molecule has 126 valence electrons. The predicted molar refractivity (Wildman–Crippen MR) is 92.4 cm³/mol. The molecule has 3 amide bonds. The molecule has 1 saturated heterocycles. The van der Waals surface area contributed by atoms with Crippen molar-refractivity contribution in [2.24, 2.45) is 0 Å². The van der Waals surface area contributed by atoms with E-state index in [4.69, 9.17) is 0 Å². The van der Waals surface area contributed by atoms with Crippen LogP contribution in [0.25, 0.3) is 0 Å². The molecule has 1 aliphatic heterocycles. The minimum Gasteiger partial charge on any atom is -0.352 e. The quantitative estimate of drug-likeness (QED) is 0.843. The molecule has 6 nitrogen and oxygen atoms in total. The van der Waals surface area contributed by atoms with Crippen LogP contribution in [0, 0.1) is 0 Å². The average molecular weight is 344 g/mol. The number of hydrogen-bond donors (Lipinski definition) is 2. The normalized spacial score (nSPS) is 16.7. The van der Waals surface area contributed by atoms with Gasteiger partial charge < -0.3 is 15.5 Å². The van der Waals surface area contributed by atoms with Gasteiger partial charge in [0.15, 0.2) is 0 Å². The van der Waals surface area contributed by atoms with E-state index in [0.717, 1.165) is 16.9 Å². The first kappa shape index (κ1) is 16.4. The van der Waals surface area contributed by atoms with Gasteiger partial charge in [0.05, 0.1) is 6.54 Å². The van der Waals surface area contributed by atoms with Crippen molar-refractivity contribution >= 4 is 23.3 Å². The number of amides is 3. The van der Waals surface area contributed by atoms with Crippen LogP contribution in [-0.4, -0.2) is 34.4 Å². The molecule has 1 aliphatic rings. The van der Waals surface area contributed by atoms with Gasteiger partial charge in [0, 0.05) is 42.8 Å². The first-order chi connectivity index (χ1) is 11.7. The van der Waals surface area contributed by atoms with Gasteiger partial charge in [-0.25, -0.2) is 4.79 Å². The summed E-state index contributed by atoms with van der Waals surface area (Å²) in [7, 11) is 0. The zero-order valence-corrected chi connectivity index (χ0v) is 14.1. The number of aromatic nitrogens is 1. The fourth-order valence-electron chi connectivity index (χ4n) is 2.70. The Labute approximate surface area is 144 Å². The number of carbonyl (C=O) groups excluding carboxylic acids is 2. The van der Waals surface area contributed by atoms with Gasteiger partial charge in [0.25, 0.3) is 0 Å². The van der Waals surface area contributed by atoms with E-state index in [2.05, 4.69) is 15.6 Å². The number of pyridine rings is 1. The van der Waals surface area contributed by atoms with E-state index >= 15 is 0 Å². The van der Waals surface area contributed by atoms with Gasteiger partial charge in [0.1, 0.15) is 0 Å². The standard InChI is InChI=1S/C17H20N4O2S/c22-16-6-5-14(20-16)12-21(11-13-3-1-7-18-9-13)17(23)19-10-15-4-2-8-24-15/h1-4,7-9,14H,5-6,10-12H2,(H,19,23)(H,20,22)/t14-/m0/s1. The first-order valence-corrected chi connectivity index (χ1v) is 8.82. The molecule has 2 N–H and O–H groups in total. The highest BCUT2D eigenvalue weighted by Crippen LogP contribution is 2.12. The number of nitrogens with one attached hydrogen (secondary N) is 2. The second-order valence-electron chi connectivity index (χ2n) is 5.78. The Morgan fingerprint density at radius 2 is 2.33 bits per heavy atom. The summed E-state index contributed by atoms with van der Waals surface area (Å²) in [5, 5.41) is 7.86. The molecule has 2 aromatic rings. The molecule has 0 saturated carbocycles. The maximum Gasteiger partial charge on any atom is 0.318 e. The van der Waals surface area contributed by atoms with Crippen LogP contribution in [0.1, 0.15) is 23.3 Å². The minimum absolute atomic E-state index is 0.0154. The molecule has 7 heteroatoms. The van der Waals surface area contributed by atoms with Crippen molar-refractivity contribution in [2.75, 3.05) is 6.54 Å². The molecule has 0 aliphatic carbocycles. The van der Waals surface area contributed by atoms with Gasteiger partial charge >= 0.3 is 6.03 Å². The molecule has 0 spiro atoms. The number of hydrogen-bond acceptors (Lipinski definition) is 4. The van der Waals surface area contributed by atoms with Gasteiger partial charge in [-0.3, -0.25) is 9.78 Å². The lowest BCUT2D eigenvalue weighted by Gasteiger charge is -2.26. The number of rotatable bonds is 6. The van der Waals surface area contributed by atoms with Crippen molar-refractivity contribution in [3.63, 3.8) is 0 Å². The van der Waals surface area contributed by atoms with Crippen LogP contribution >= 0.6 is 11.3 Å².